The number of carbonyl (C=O) groups is 1. The second-order valence-electron chi connectivity index (χ2n) is 6.37. The summed E-state index contributed by atoms with van der Waals surface area (Å²) in [6.45, 7) is 11.8. The SMILES string of the molecule is CCN(Cc1ccccc1C)C(=O)c1sc(CC(C)C)nc1C. The van der Waals surface area contributed by atoms with Crippen LogP contribution in [0.3, 0.4) is 0 Å². The number of benzene rings is 1. The molecule has 1 heterocycles. The van der Waals surface area contributed by atoms with Crippen molar-refractivity contribution in [3.05, 3.63) is 51.0 Å². The Morgan fingerprint density at radius 2 is 1.96 bits per heavy atom. The van der Waals surface area contributed by atoms with Crippen LogP contribution in [0.2, 0.25) is 0 Å². The van der Waals surface area contributed by atoms with Gasteiger partial charge in [-0.25, -0.2) is 4.98 Å². The number of aromatic nitrogens is 1. The zero-order valence-electron chi connectivity index (χ0n) is 14.7. The second-order valence-corrected chi connectivity index (χ2v) is 7.45. The fourth-order valence-corrected chi connectivity index (χ4v) is 3.80. The summed E-state index contributed by atoms with van der Waals surface area (Å²) in [6, 6.07) is 8.24. The highest BCUT2D eigenvalue weighted by Crippen LogP contribution is 2.23. The fourth-order valence-electron chi connectivity index (χ4n) is 2.55. The molecule has 124 valence electrons. The van der Waals surface area contributed by atoms with Crippen molar-refractivity contribution in [3.63, 3.8) is 0 Å². The molecule has 0 N–H and O–H groups in total. The summed E-state index contributed by atoms with van der Waals surface area (Å²) in [4.78, 5) is 20.2. The van der Waals surface area contributed by atoms with E-state index >= 15 is 0 Å². The lowest BCUT2D eigenvalue weighted by atomic mass is 10.1. The van der Waals surface area contributed by atoms with Crippen molar-refractivity contribution in [3.8, 4) is 0 Å². The maximum atomic E-state index is 12.9. The van der Waals surface area contributed by atoms with E-state index in [0.29, 0.717) is 19.0 Å². The number of hydrogen-bond acceptors (Lipinski definition) is 3. The Morgan fingerprint density at radius 3 is 2.57 bits per heavy atom. The van der Waals surface area contributed by atoms with Gasteiger partial charge < -0.3 is 4.90 Å². The molecule has 0 saturated carbocycles. The standard InChI is InChI=1S/C19H26N2OS/c1-6-21(12-16-10-8-7-9-14(16)4)19(22)18-15(5)20-17(23-18)11-13(2)3/h7-10,13H,6,11-12H2,1-5H3. The highest BCUT2D eigenvalue weighted by molar-refractivity contribution is 7.13. The fraction of sp³-hybridized carbons (Fsp3) is 0.474. The number of nitrogens with zero attached hydrogens (tertiary/aromatic N) is 2. The molecule has 0 saturated heterocycles. The van der Waals surface area contributed by atoms with Crippen LogP contribution in [-0.2, 0) is 13.0 Å². The molecule has 23 heavy (non-hydrogen) atoms. The average molecular weight is 330 g/mol. The van der Waals surface area contributed by atoms with Crippen LogP contribution in [0.5, 0.6) is 0 Å². The van der Waals surface area contributed by atoms with Gasteiger partial charge in [-0.2, -0.15) is 0 Å². The molecule has 0 fully saturated rings. The van der Waals surface area contributed by atoms with Crippen molar-refractivity contribution < 1.29 is 4.79 Å². The molecule has 2 rings (SSSR count). The normalized spacial score (nSPS) is 11.0. The molecule has 0 unspecified atom stereocenters. The summed E-state index contributed by atoms with van der Waals surface area (Å²) in [5.41, 5.74) is 3.28. The van der Waals surface area contributed by atoms with Crippen LogP contribution in [0.15, 0.2) is 24.3 Å². The lowest BCUT2D eigenvalue weighted by molar-refractivity contribution is 0.0756. The third-order valence-corrected chi connectivity index (χ3v) is 5.08. The first-order valence-electron chi connectivity index (χ1n) is 8.22. The van der Waals surface area contributed by atoms with Crippen LogP contribution in [0, 0.1) is 19.8 Å². The third kappa shape index (κ3) is 4.41. The van der Waals surface area contributed by atoms with E-state index in [1.165, 1.54) is 11.1 Å². The number of aryl methyl sites for hydroxylation is 2. The minimum atomic E-state index is 0.0979. The van der Waals surface area contributed by atoms with Gasteiger partial charge in [0.25, 0.3) is 5.91 Å². The molecule has 0 aliphatic rings. The molecule has 2 aromatic rings. The van der Waals surface area contributed by atoms with Crippen molar-refractivity contribution in [2.24, 2.45) is 5.92 Å². The summed E-state index contributed by atoms with van der Waals surface area (Å²) in [5, 5.41) is 1.06. The predicted octanol–water partition coefficient (Wildman–Crippen LogP) is 4.62. The molecule has 0 aliphatic heterocycles. The van der Waals surface area contributed by atoms with Crippen LogP contribution in [0.4, 0.5) is 0 Å². The molecule has 0 atom stereocenters. The number of thiazole rings is 1. The summed E-state index contributed by atoms with van der Waals surface area (Å²) in [5.74, 6) is 0.651. The van der Waals surface area contributed by atoms with Crippen LogP contribution in [0.1, 0.15) is 52.3 Å². The van der Waals surface area contributed by atoms with Crippen LogP contribution in [-0.4, -0.2) is 22.3 Å². The average Bonchev–Trinajstić information content (AvgIpc) is 2.85. The molecular formula is C19H26N2OS. The molecule has 0 radical (unpaired) electrons. The zero-order valence-corrected chi connectivity index (χ0v) is 15.5. The van der Waals surface area contributed by atoms with Gasteiger partial charge in [-0.1, -0.05) is 38.1 Å². The number of rotatable bonds is 6. The molecule has 1 aromatic heterocycles. The molecule has 1 aromatic carbocycles. The number of hydrogen-bond donors (Lipinski definition) is 0. The molecule has 0 aliphatic carbocycles. The quantitative estimate of drug-likeness (QED) is 0.774. The van der Waals surface area contributed by atoms with Crippen LogP contribution >= 0.6 is 11.3 Å². The smallest absolute Gasteiger partial charge is 0.266 e. The number of carbonyl (C=O) groups excluding carboxylic acids is 1. The maximum Gasteiger partial charge on any atom is 0.266 e. The van der Waals surface area contributed by atoms with E-state index in [4.69, 9.17) is 0 Å². The second kappa shape index (κ2) is 7.73. The van der Waals surface area contributed by atoms with E-state index in [0.717, 1.165) is 22.0 Å². The van der Waals surface area contributed by atoms with Gasteiger partial charge in [0.05, 0.1) is 10.7 Å². The van der Waals surface area contributed by atoms with Crippen LogP contribution in [0.25, 0.3) is 0 Å². The molecule has 4 heteroatoms. The zero-order chi connectivity index (χ0) is 17.0. The van der Waals surface area contributed by atoms with E-state index in [1.54, 1.807) is 11.3 Å². The van der Waals surface area contributed by atoms with E-state index in [9.17, 15) is 4.79 Å². The predicted molar refractivity (Wildman–Crippen MR) is 97.0 cm³/mol. The Morgan fingerprint density at radius 1 is 1.26 bits per heavy atom. The Labute approximate surface area is 143 Å². The van der Waals surface area contributed by atoms with E-state index < -0.39 is 0 Å². The Hall–Kier alpha value is -1.68. The summed E-state index contributed by atoms with van der Waals surface area (Å²) >= 11 is 1.55. The Kier molecular flexibility index (Phi) is 5.94. The monoisotopic (exact) mass is 330 g/mol. The highest BCUT2D eigenvalue weighted by atomic mass is 32.1. The van der Waals surface area contributed by atoms with Crippen molar-refractivity contribution in [1.82, 2.24) is 9.88 Å². The maximum absolute atomic E-state index is 12.9. The van der Waals surface area contributed by atoms with E-state index in [-0.39, 0.29) is 5.91 Å². The molecular weight excluding hydrogens is 304 g/mol. The van der Waals surface area contributed by atoms with E-state index in [1.807, 2.05) is 30.9 Å². The van der Waals surface area contributed by atoms with Crippen LogP contribution < -0.4 is 0 Å². The van der Waals surface area contributed by atoms with Crippen molar-refractivity contribution in [2.45, 2.75) is 47.6 Å². The number of amides is 1. The minimum Gasteiger partial charge on any atom is -0.334 e. The Balaban J connectivity index is 2.20. The van der Waals surface area contributed by atoms with Gasteiger partial charge in [-0.15, -0.1) is 11.3 Å². The molecule has 0 spiro atoms. The minimum absolute atomic E-state index is 0.0979. The van der Waals surface area contributed by atoms with E-state index in [2.05, 4.69) is 37.9 Å². The molecule has 0 bridgehead atoms. The lowest BCUT2D eigenvalue weighted by Crippen LogP contribution is -2.30. The topological polar surface area (TPSA) is 33.2 Å². The van der Waals surface area contributed by atoms with Gasteiger partial charge in [0.1, 0.15) is 4.88 Å². The first kappa shape index (κ1) is 17.7. The van der Waals surface area contributed by atoms with Crippen molar-refractivity contribution in [1.29, 1.82) is 0 Å². The van der Waals surface area contributed by atoms with Crippen molar-refractivity contribution in [2.75, 3.05) is 6.54 Å². The molecule has 3 nitrogen and oxygen atoms in total. The van der Waals surface area contributed by atoms with Crippen molar-refractivity contribution >= 4 is 17.2 Å². The van der Waals surface area contributed by atoms with Gasteiger partial charge in [-0.05, 0) is 37.8 Å². The first-order chi connectivity index (χ1) is 10.9. The summed E-state index contributed by atoms with van der Waals surface area (Å²) < 4.78 is 0. The lowest BCUT2D eigenvalue weighted by Gasteiger charge is -2.21. The first-order valence-corrected chi connectivity index (χ1v) is 9.04. The Bertz CT molecular complexity index is 676. The third-order valence-electron chi connectivity index (χ3n) is 3.91. The summed E-state index contributed by atoms with van der Waals surface area (Å²) in [7, 11) is 0. The largest absolute Gasteiger partial charge is 0.334 e. The molecule has 1 amide bonds. The van der Waals surface area contributed by atoms with Gasteiger partial charge in [0, 0.05) is 19.5 Å². The van der Waals surface area contributed by atoms with Gasteiger partial charge in [0.2, 0.25) is 0 Å². The summed E-state index contributed by atoms with van der Waals surface area (Å²) in [6.07, 6.45) is 0.933. The van der Waals surface area contributed by atoms with Gasteiger partial charge in [-0.3, -0.25) is 4.79 Å². The van der Waals surface area contributed by atoms with Gasteiger partial charge in [0.15, 0.2) is 0 Å². The van der Waals surface area contributed by atoms with Gasteiger partial charge >= 0.3 is 0 Å². The highest BCUT2D eigenvalue weighted by Gasteiger charge is 2.21.